The van der Waals surface area contributed by atoms with E-state index < -0.39 is 10.0 Å². The van der Waals surface area contributed by atoms with Gasteiger partial charge in [0.25, 0.3) is 5.91 Å². The van der Waals surface area contributed by atoms with E-state index >= 15 is 0 Å². The Morgan fingerprint density at radius 1 is 1.00 bits per heavy atom. The van der Waals surface area contributed by atoms with Crippen molar-refractivity contribution in [3.05, 3.63) is 65.7 Å². The molecule has 0 aliphatic rings. The van der Waals surface area contributed by atoms with Gasteiger partial charge in [0.05, 0.1) is 4.90 Å². The van der Waals surface area contributed by atoms with Gasteiger partial charge in [0.15, 0.2) is 0 Å². The van der Waals surface area contributed by atoms with Crippen molar-refractivity contribution in [3.63, 3.8) is 0 Å². The molecule has 5 nitrogen and oxygen atoms in total. The Bertz CT molecular complexity index is 839. The Kier molecular flexibility index (Phi) is 6.21. The number of benzene rings is 2. The third-order valence-electron chi connectivity index (χ3n) is 3.80. The third kappa shape index (κ3) is 5.16. The second-order valence-corrected chi connectivity index (χ2v) is 9.08. The van der Waals surface area contributed by atoms with Gasteiger partial charge >= 0.3 is 0 Å². The number of nitrogens with zero attached hydrogens (tertiary/aromatic N) is 1. The Morgan fingerprint density at radius 3 is 2.08 bits per heavy atom. The van der Waals surface area contributed by atoms with E-state index in [0.717, 1.165) is 5.56 Å². The van der Waals surface area contributed by atoms with E-state index in [2.05, 4.69) is 5.32 Å². The smallest absolute Gasteiger partial charge is 0.251 e. The van der Waals surface area contributed by atoms with E-state index in [1.807, 2.05) is 27.7 Å². The first-order valence-electron chi connectivity index (χ1n) is 8.60. The number of hydrogen-bond acceptors (Lipinski definition) is 3. The average molecular weight is 375 g/mol. The number of sulfonamides is 1. The third-order valence-corrected chi connectivity index (χ3v) is 5.73. The van der Waals surface area contributed by atoms with E-state index in [9.17, 15) is 13.2 Å². The van der Waals surface area contributed by atoms with Crippen molar-refractivity contribution in [2.75, 3.05) is 6.54 Å². The predicted octanol–water partition coefficient (Wildman–Crippen LogP) is 3.43. The molecular weight excluding hydrogens is 348 g/mol. The summed E-state index contributed by atoms with van der Waals surface area (Å²) in [6, 6.07) is 15.4. The summed E-state index contributed by atoms with van der Waals surface area (Å²) in [5.74, 6) is -0.145. The molecule has 0 saturated heterocycles. The van der Waals surface area contributed by atoms with Crippen LogP contribution < -0.4 is 5.32 Å². The van der Waals surface area contributed by atoms with Crippen LogP contribution in [0.2, 0.25) is 0 Å². The van der Waals surface area contributed by atoms with Crippen LogP contribution in [0.1, 0.15) is 43.6 Å². The van der Waals surface area contributed by atoms with Gasteiger partial charge in [-0.3, -0.25) is 4.79 Å². The highest BCUT2D eigenvalue weighted by Gasteiger charge is 2.23. The topological polar surface area (TPSA) is 66.5 Å². The zero-order valence-electron chi connectivity index (χ0n) is 15.7. The van der Waals surface area contributed by atoms with Crippen LogP contribution in [-0.4, -0.2) is 30.7 Å². The van der Waals surface area contributed by atoms with Gasteiger partial charge in [-0.25, -0.2) is 8.42 Å². The van der Waals surface area contributed by atoms with E-state index in [4.69, 9.17) is 0 Å². The lowest BCUT2D eigenvalue weighted by Crippen LogP contribution is -2.40. The molecular formula is C20H26N2O3S. The van der Waals surface area contributed by atoms with Crippen LogP contribution in [0.15, 0.2) is 59.5 Å². The second-order valence-electron chi connectivity index (χ2n) is 7.15. The lowest BCUT2D eigenvalue weighted by Gasteiger charge is -2.22. The first-order chi connectivity index (χ1) is 12.1. The van der Waals surface area contributed by atoms with Crippen molar-refractivity contribution < 1.29 is 13.2 Å². The number of nitrogens with one attached hydrogen (secondary N) is 1. The molecule has 0 bridgehead atoms. The van der Waals surface area contributed by atoms with Crippen molar-refractivity contribution in [1.82, 2.24) is 9.62 Å². The highest BCUT2D eigenvalue weighted by atomic mass is 32.2. The van der Waals surface area contributed by atoms with Crippen molar-refractivity contribution >= 4 is 15.9 Å². The van der Waals surface area contributed by atoms with Crippen molar-refractivity contribution in [2.45, 2.75) is 44.7 Å². The van der Waals surface area contributed by atoms with Crippen molar-refractivity contribution in [1.29, 1.82) is 0 Å². The van der Waals surface area contributed by atoms with Crippen LogP contribution in [0.3, 0.4) is 0 Å². The maximum atomic E-state index is 12.8. The summed E-state index contributed by atoms with van der Waals surface area (Å²) in [5, 5.41) is 2.91. The molecule has 0 spiro atoms. The summed E-state index contributed by atoms with van der Waals surface area (Å²) in [6.07, 6.45) is 0. The first kappa shape index (κ1) is 20.1. The molecule has 0 aromatic heterocycles. The lowest BCUT2D eigenvalue weighted by molar-refractivity contribution is 0.0919. The number of rotatable bonds is 6. The van der Waals surface area contributed by atoms with Crippen LogP contribution in [0, 0.1) is 0 Å². The molecule has 6 heteroatoms. The Hall–Kier alpha value is -2.18. The predicted molar refractivity (Wildman–Crippen MR) is 103 cm³/mol. The molecule has 1 N–H and O–H groups in total. The normalized spacial score (nSPS) is 12.2. The van der Waals surface area contributed by atoms with Gasteiger partial charge in [0, 0.05) is 24.2 Å². The van der Waals surface area contributed by atoms with Gasteiger partial charge in [-0.2, -0.15) is 4.31 Å². The Morgan fingerprint density at radius 2 is 1.58 bits per heavy atom. The Balaban J connectivity index is 2.15. The summed E-state index contributed by atoms with van der Waals surface area (Å²) in [5.41, 5.74) is 1.08. The molecule has 2 aromatic carbocycles. The highest BCUT2D eigenvalue weighted by molar-refractivity contribution is 7.89. The maximum Gasteiger partial charge on any atom is 0.251 e. The van der Waals surface area contributed by atoms with Crippen LogP contribution in [0.25, 0.3) is 0 Å². The lowest BCUT2D eigenvalue weighted by atomic mass is 10.1. The zero-order chi connectivity index (χ0) is 19.4. The number of hydrogen-bond donors (Lipinski definition) is 1. The van der Waals surface area contributed by atoms with Crippen molar-refractivity contribution in [2.24, 2.45) is 0 Å². The monoisotopic (exact) mass is 374 g/mol. The van der Waals surface area contributed by atoms with E-state index in [1.54, 1.807) is 54.6 Å². The molecule has 1 amide bonds. The van der Waals surface area contributed by atoms with Crippen LogP contribution >= 0.6 is 0 Å². The first-order valence-corrected chi connectivity index (χ1v) is 10.0. The standard InChI is InChI=1S/C20H26N2O3S/c1-5-22(26(24,25)18-9-7-6-8-10-18)15-16-11-13-17(14-12-16)19(23)21-20(2,3)4/h6-14H,5,15H2,1-4H3,(H,21,23). The van der Waals surface area contributed by atoms with E-state index in [0.29, 0.717) is 12.1 Å². The van der Waals surface area contributed by atoms with Crippen LogP contribution in [-0.2, 0) is 16.6 Å². The maximum absolute atomic E-state index is 12.8. The number of amides is 1. The molecule has 0 aliphatic carbocycles. The van der Waals surface area contributed by atoms with Gasteiger partial charge in [-0.15, -0.1) is 0 Å². The number of carbonyl (C=O) groups excluding carboxylic acids is 1. The average Bonchev–Trinajstić information content (AvgIpc) is 2.59. The number of carbonyl (C=O) groups is 1. The largest absolute Gasteiger partial charge is 0.347 e. The molecule has 0 aliphatic heterocycles. The molecule has 140 valence electrons. The highest BCUT2D eigenvalue weighted by Crippen LogP contribution is 2.18. The summed E-state index contributed by atoms with van der Waals surface area (Å²) in [6.45, 7) is 8.20. The molecule has 0 unspecified atom stereocenters. The minimum Gasteiger partial charge on any atom is -0.347 e. The molecule has 0 fully saturated rings. The van der Waals surface area contributed by atoms with Crippen LogP contribution in [0.4, 0.5) is 0 Å². The van der Waals surface area contributed by atoms with E-state index in [1.165, 1.54) is 4.31 Å². The molecule has 0 radical (unpaired) electrons. The SMILES string of the molecule is CCN(Cc1ccc(C(=O)NC(C)(C)C)cc1)S(=O)(=O)c1ccccc1. The molecule has 0 saturated carbocycles. The van der Waals surface area contributed by atoms with Gasteiger partial charge in [0.2, 0.25) is 10.0 Å². The quantitative estimate of drug-likeness (QED) is 0.842. The molecule has 2 aromatic rings. The fraction of sp³-hybridized carbons (Fsp3) is 0.350. The molecule has 0 atom stereocenters. The fourth-order valence-electron chi connectivity index (χ4n) is 2.49. The summed E-state index contributed by atoms with van der Waals surface area (Å²) < 4.78 is 26.9. The van der Waals surface area contributed by atoms with Gasteiger partial charge in [0.1, 0.15) is 0 Å². The van der Waals surface area contributed by atoms with Crippen LogP contribution in [0.5, 0.6) is 0 Å². The van der Waals surface area contributed by atoms with Crippen molar-refractivity contribution in [3.8, 4) is 0 Å². The van der Waals surface area contributed by atoms with Gasteiger partial charge in [-0.1, -0.05) is 37.3 Å². The Labute approximate surface area is 156 Å². The minimum atomic E-state index is -3.55. The van der Waals surface area contributed by atoms with Gasteiger partial charge in [-0.05, 0) is 50.6 Å². The second kappa shape index (κ2) is 8.01. The van der Waals surface area contributed by atoms with Gasteiger partial charge < -0.3 is 5.32 Å². The van der Waals surface area contributed by atoms with E-state index in [-0.39, 0.29) is 22.9 Å². The zero-order valence-corrected chi connectivity index (χ0v) is 16.5. The molecule has 2 rings (SSSR count). The molecule has 26 heavy (non-hydrogen) atoms. The minimum absolute atomic E-state index is 0.145. The molecule has 0 heterocycles. The summed E-state index contributed by atoms with van der Waals surface area (Å²) in [4.78, 5) is 12.5. The fourth-order valence-corrected chi connectivity index (χ4v) is 3.94. The summed E-state index contributed by atoms with van der Waals surface area (Å²) >= 11 is 0. The summed E-state index contributed by atoms with van der Waals surface area (Å²) in [7, 11) is -3.55.